The first-order valence-corrected chi connectivity index (χ1v) is 6.44. The molecule has 0 saturated carbocycles. The van der Waals surface area contributed by atoms with Crippen LogP contribution in [0, 0.1) is 5.41 Å². The average Bonchev–Trinajstić information content (AvgIpc) is 2.31. The molecule has 2 atom stereocenters. The van der Waals surface area contributed by atoms with Crippen molar-refractivity contribution in [1.29, 1.82) is 0 Å². The number of carbonyl (C=O) groups is 2. The van der Waals surface area contributed by atoms with Gasteiger partial charge in [-0.25, -0.2) is 4.79 Å². The van der Waals surface area contributed by atoms with Gasteiger partial charge in [0, 0.05) is 12.5 Å². The highest BCUT2D eigenvalue weighted by Gasteiger charge is 2.64. The van der Waals surface area contributed by atoms with Crippen molar-refractivity contribution in [2.24, 2.45) is 5.41 Å². The third-order valence-corrected chi connectivity index (χ3v) is 3.91. The number of carboxylic acid groups (broad SMARTS) is 1. The van der Waals surface area contributed by atoms with Crippen LogP contribution in [-0.4, -0.2) is 33.7 Å². The molecule has 0 radical (unpaired) electrons. The molecule has 7 heteroatoms. The number of hydrogen-bond donors (Lipinski definition) is 2. The fourth-order valence-corrected chi connectivity index (χ4v) is 2.45. The third kappa shape index (κ3) is 3.14. The van der Waals surface area contributed by atoms with Gasteiger partial charge in [0.15, 0.2) is 5.78 Å². The third-order valence-electron chi connectivity index (χ3n) is 3.91. The summed E-state index contributed by atoms with van der Waals surface area (Å²) in [6.07, 6.45) is -1.91. The van der Waals surface area contributed by atoms with E-state index in [4.69, 9.17) is 5.11 Å². The number of carbonyl (C=O) groups excluding carboxylic acids is 1. The summed E-state index contributed by atoms with van der Waals surface area (Å²) in [6.45, 7) is 3.40. The van der Waals surface area contributed by atoms with Crippen molar-refractivity contribution in [3.63, 3.8) is 0 Å². The van der Waals surface area contributed by atoms with Crippen LogP contribution in [0.4, 0.5) is 13.2 Å². The van der Waals surface area contributed by atoms with Crippen LogP contribution < -0.4 is 0 Å². The van der Waals surface area contributed by atoms with Crippen LogP contribution in [0.5, 0.6) is 0 Å². The summed E-state index contributed by atoms with van der Waals surface area (Å²) in [5.41, 5.74) is -5.08. The second-order valence-corrected chi connectivity index (χ2v) is 5.63. The SMILES string of the molecule is CC1=CC(=O)C[C@](C)(C(F)(F)F)[C@]1(O)/C=C/C(C)=C\C(=O)O. The number of rotatable bonds is 3. The van der Waals surface area contributed by atoms with E-state index >= 15 is 0 Å². The van der Waals surface area contributed by atoms with E-state index in [9.17, 15) is 27.9 Å². The Morgan fingerprint density at radius 2 is 1.95 bits per heavy atom. The van der Waals surface area contributed by atoms with Crippen molar-refractivity contribution >= 4 is 11.8 Å². The van der Waals surface area contributed by atoms with Crippen LogP contribution in [0.1, 0.15) is 27.2 Å². The second-order valence-electron chi connectivity index (χ2n) is 5.63. The molecule has 0 spiro atoms. The number of aliphatic carboxylic acids is 1. The van der Waals surface area contributed by atoms with Crippen LogP contribution in [0.2, 0.25) is 0 Å². The molecular weight excluding hydrogens is 301 g/mol. The summed E-state index contributed by atoms with van der Waals surface area (Å²) < 4.78 is 40.3. The fourth-order valence-electron chi connectivity index (χ4n) is 2.45. The zero-order valence-corrected chi connectivity index (χ0v) is 12.4. The highest BCUT2D eigenvalue weighted by molar-refractivity contribution is 5.93. The predicted molar refractivity (Wildman–Crippen MR) is 73.0 cm³/mol. The molecule has 0 fully saturated rings. The van der Waals surface area contributed by atoms with Crippen LogP contribution in [-0.2, 0) is 9.59 Å². The van der Waals surface area contributed by atoms with Gasteiger partial charge in [-0.2, -0.15) is 13.2 Å². The Balaban J connectivity index is 3.41. The number of hydrogen-bond acceptors (Lipinski definition) is 3. The fraction of sp³-hybridized carbons (Fsp3) is 0.467. The first-order chi connectivity index (χ1) is 9.83. The number of aliphatic hydroxyl groups is 1. The van der Waals surface area contributed by atoms with Gasteiger partial charge in [-0.05, 0) is 44.1 Å². The van der Waals surface area contributed by atoms with Gasteiger partial charge in [0.05, 0.1) is 0 Å². The molecule has 1 aliphatic carbocycles. The van der Waals surface area contributed by atoms with Gasteiger partial charge in [-0.15, -0.1) is 0 Å². The van der Waals surface area contributed by atoms with E-state index in [-0.39, 0.29) is 11.1 Å². The van der Waals surface area contributed by atoms with E-state index in [0.717, 1.165) is 31.2 Å². The molecule has 122 valence electrons. The largest absolute Gasteiger partial charge is 0.478 e. The Bertz CT molecular complexity index is 586. The van der Waals surface area contributed by atoms with Crippen molar-refractivity contribution in [1.82, 2.24) is 0 Å². The standard InChI is InChI=1S/C15H17F3O4/c1-9(6-12(20)21)4-5-14(22)10(2)7-11(19)8-13(14,3)15(16,17)18/h4-7,22H,8H2,1-3H3,(H,20,21)/b5-4+,9-6-/t13-,14-/m0/s1. The molecule has 0 aromatic carbocycles. The van der Waals surface area contributed by atoms with Crippen molar-refractivity contribution in [3.05, 3.63) is 35.5 Å². The van der Waals surface area contributed by atoms with Gasteiger partial charge in [-0.1, -0.05) is 6.08 Å². The summed E-state index contributed by atoms with van der Waals surface area (Å²) in [4.78, 5) is 22.0. The molecule has 0 aromatic rings. The lowest BCUT2D eigenvalue weighted by atomic mass is 9.62. The summed E-state index contributed by atoms with van der Waals surface area (Å²) in [7, 11) is 0. The zero-order chi connectivity index (χ0) is 17.3. The Kier molecular flexibility index (Phi) is 4.72. The minimum Gasteiger partial charge on any atom is -0.478 e. The predicted octanol–water partition coefficient (Wildman–Crippen LogP) is 2.79. The molecule has 4 nitrogen and oxygen atoms in total. The number of halogens is 3. The quantitative estimate of drug-likeness (QED) is 0.620. The van der Waals surface area contributed by atoms with E-state index in [1.54, 1.807) is 0 Å². The molecule has 0 heterocycles. The molecule has 0 saturated heterocycles. The molecule has 0 aliphatic heterocycles. The summed E-state index contributed by atoms with van der Waals surface area (Å²) >= 11 is 0. The van der Waals surface area contributed by atoms with Crippen LogP contribution in [0.15, 0.2) is 35.5 Å². The second kappa shape index (κ2) is 5.72. The van der Waals surface area contributed by atoms with Crippen molar-refractivity contribution in [2.75, 3.05) is 0 Å². The number of allylic oxidation sites excluding steroid dienone is 3. The molecule has 2 N–H and O–H groups in total. The maximum absolute atomic E-state index is 13.4. The number of ketones is 1. The van der Waals surface area contributed by atoms with Crippen LogP contribution in [0.25, 0.3) is 0 Å². The molecule has 0 aromatic heterocycles. The minimum atomic E-state index is -4.82. The lowest BCUT2D eigenvalue weighted by Crippen LogP contribution is -2.57. The topological polar surface area (TPSA) is 74.6 Å². The van der Waals surface area contributed by atoms with Gasteiger partial charge in [0.25, 0.3) is 0 Å². The molecule has 22 heavy (non-hydrogen) atoms. The maximum atomic E-state index is 13.4. The normalized spacial score (nSPS) is 30.6. The molecular formula is C15H17F3O4. The Morgan fingerprint density at radius 3 is 2.41 bits per heavy atom. The van der Waals surface area contributed by atoms with Crippen molar-refractivity contribution in [2.45, 2.75) is 39.0 Å². The monoisotopic (exact) mass is 318 g/mol. The summed E-state index contributed by atoms with van der Waals surface area (Å²) in [6, 6.07) is 0. The maximum Gasteiger partial charge on any atom is 0.398 e. The number of alkyl halides is 3. The van der Waals surface area contributed by atoms with Gasteiger partial charge >= 0.3 is 12.1 Å². The zero-order valence-electron chi connectivity index (χ0n) is 12.4. The van der Waals surface area contributed by atoms with E-state index in [0.29, 0.717) is 0 Å². The van der Waals surface area contributed by atoms with Crippen molar-refractivity contribution < 1.29 is 33.0 Å². The van der Waals surface area contributed by atoms with Gasteiger partial charge in [0.2, 0.25) is 0 Å². The highest BCUT2D eigenvalue weighted by Crippen LogP contribution is 2.54. The first-order valence-electron chi connectivity index (χ1n) is 6.44. The molecule has 0 bridgehead atoms. The van der Waals surface area contributed by atoms with Gasteiger partial charge < -0.3 is 10.2 Å². The molecule has 0 unspecified atom stereocenters. The average molecular weight is 318 g/mol. The van der Waals surface area contributed by atoms with E-state index < -0.39 is 35.4 Å². The first kappa shape index (κ1) is 18.2. The van der Waals surface area contributed by atoms with E-state index in [1.165, 1.54) is 13.8 Å². The lowest BCUT2D eigenvalue weighted by molar-refractivity contribution is -0.261. The molecule has 1 aliphatic rings. The Hall–Kier alpha value is -1.89. The molecule has 0 amide bonds. The van der Waals surface area contributed by atoms with Gasteiger partial charge in [-0.3, -0.25) is 4.79 Å². The van der Waals surface area contributed by atoms with E-state index in [1.807, 2.05) is 0 Å². The summed E-state index contributed by atoms with van der Waals surface area (Å²) in [5.74, 6) is -1.97. The Labute approximate surface area is 125 Å². The van der Waals surface area contributed by atoms with Gasteiger partial charge in [0.1, 0.15) is 11.0 Å². The van der Waals surface area contributed by atoms with Crippen molar-refractivity contribution in [3.8, 4) is 0 Å². The Morgan fingerprint density at radius 1 is 1.41 bits per heavy atom. The van der Waals surface area contributed by atoms with Crippen LogP contribution >= 0.6 is 0 Å². The lowest BCUT2D eigenvalue weighted by Gasteiger charge is -2.46. The van der Waals surface area contributed by atoms with E-state index in [2.05, 4.69) is 0 Å². The summed E-state index contributed by atoms with van der Waals surface area (Å²) in [5, 5.41) is 19.2. The smallest absolute Gasteiger partial charge is 0.398 e. The minimum absolute atomic E-state index is 0.136. The van der Waals surface area contributed by atoms with Crippen LogP contribution in [0.3, 0.4) is 0 Å². The highest BCUT2D eigenvalue weighted by atomic mass is 19.4. The number of carboxylic acids is 1. The molecule has 1 rings (SSSR count).